The highest BCUT2D eigenvalue weighted by atomic mass is 16.5. The molecule has 0 fully saturated rings. The zero-order valence-electron chi connectivity index (χ0n) is 22.0. The number of carbonyl (C=O) groups is 2. The van der Waals surface area contributed by atoms with E-state index in [1.807, 2.05) is 48.5 Å². The number of fused-ring (bicyclic) bond motifs is 2. The molecule has 0 unspecified atom stereocenters. The Bertz CT molecular complexity index is 1330. The van der Waals surface area contributed by atoms with Crippen LogP contribution in [-0.2, 0) is 12.8 Å². The first-order valence-electron chi connectivity index (χ1n) is 12.5. The van der Waals surface area contributed by atoms with Crippen LogP contribution in [0.15, 0.2) is 48.5 Å². The van der Waals surface area contributed by atoms with Crippen LogP contribution in [0.1, 0.15) is 72.6 Å². The van der Waals surface area contributed by atoms with E-state index in [2.05, 4.69) is 32.3 Å². The molecule has 0 spiro atoms. The number of benzene rings is 2. The van der Waals surface area contributed by atoms with Gasteiger partial charge in [0.25, 0.3) is 0 Å². The van der Waals surface area contributed by atoms with Gasteiger partial charge in [-0.2, -0.15) is 4.57 Å². The van der Waals surface area contributed by atoms with E-state index in [9.17, 15) is 9.59 Å². The van der Waals surface area contributed by atoms with E-state index < -0.39 is 0 Å². The van der Waals surface area contributed by atoms with Crippen molar-refractivity contribution in [3.8, 4) is 28.3 Å². The molecule has 1 aromatic heterocycles. The molecule has 2 aliphatic carbocycles. The quantitative estimate of drug-likeness (QED) is 0.429. The van der Waals surface area contributed by atoms with Gasteiger partial charge in [0.1, 0.15) is 11.5 Å². The van der Waals surface area contributed by atoms with Crippen molar-refractivity contribution >= 4 is 11.6 Å². The first-order chi connectivity index (χ1) is 17.0. The minimum Gasteiger partial charge on any atom is -0.497 e. The van der Waals surface area contributed by atoms with Crippen LogP contribution in [0.25, 0.3) is 16.8 Å². The Kier molecular flexibility index (Phi) is 5.77. The van der Waals surface area contributed by atoms with Crippen LogP contribution >= 0.6 is 0 Å². The number of rotatable bonds is 4. The van der Waals surface area contributed by atoms with Gasteiger partial charge < -0.3 is 9.47 Å². The lowest BCUT2D eigenvalue weighted by molar-refractivity contribution is -0.615. The summed E-state index contributed by atoms with van der Waals surface area (Å²) in [5.41, 5.74) is 5.32. The van der Waals surface area contributed by atoms with Gasteiger partial charge >= 0.3 is 0 Å². The van der Waals surface area contributed by atoms with Gasteiger partial charge in [-0.05, 0) is 29.0 Å². The van der Waals surface area contributed by atoms with Crippen LogP contribution in [0.5, 0.6) is 11.5 Å². The number of ether oxygens (including phenoxy) is 2. The number of carbonyl (C=O) groups excluding carboxylic acids is 2. The van der Waals surface area contributed by atoms with Crippen LogP contribution < -0.4 is 14.0 Å². The van der Waals surface area contributed by atoms with E-state index >= 15 is 0 Å². The minimum absolute atomic E-state index is 0.0739. The molecule has 0 saturated heterocycles. The van der Waals surface area contributed by atoms with Gasteiger partial charge in [0, 0.05) is 48.9 Å². The van der Waals surface area contributed by atoms with E-state index in [1.165, 1.54) is 0 Å². The highest BCUT2D eigenvalue weighted by molar-refractivity contribution is 6.12. The maximum atomic E-state index is 13.9. The molecule has 5 heteroatoms. The summed E-state index contributed by atoms with van der Waals surface area (Å²) < 4.78 is 13.3. The van der Waals surface area contributed by atoms with Crippen molar-refractivity contribution in [1.82, 2.24) is 0 Å². The van der Waals surface area contributed by atoms with Crippen LogP contribution in [0, 0.1) is 10.8 Å². The third kappa shape index (κ3) is 4.01. The molecule has 36 heavy (non-hydrogen) atoms. The zero-order valence-corrected chi connectivity index (χ0v) is 22.0. The monoisotopic (exact) mass is 484 g/mol. The summed E-state index contributed by atoms with van der Waals surface area (Å²) in [5.74, 6) is 1.58. The molecule has 0 amide bonds. The molecule has 5 nitrogen and oxygen atoms in total. The van der Waals surface area contributed by atoms with Gasteiger partial charge in [0.15, 0.2) is 23.0 Å². The summed E-state index contributed by atoms with van der Waals surface area (Å²) in [4.78, 5) is 27.8. The molecule has 0 N–H and O–H groups in total. The highest BCUT2D eigenvalue weighted by Gasteiger charge is 2.47. The lowest BCUT2D eigenvalue weighted by Crippen LogP contribution is -2.50. The summed E-state index contributed by atoms with van der Waals surface area (Å²) in [6.07, 6.45) is 2.32. The average Bonchev–Trinajstić information content (AvgIpc) is 2.81. The fourth-order valence-electron chi connectivity index (χ4n) is 5.98. The van der Waals surface area contributed by atoms with E-state index in [0.717, 1.165) is 46.8 Å². The summed E-state index contributed by atoms with van der Waals surface area (Å²) in [7, 11) is 3.28. The molecule has 2 aliphatic rings. The Labute approximate surface area is 213 Å². The highest BCUT2D eigenvalue weighted by Crippen LogP contribution is 2.46. The van der Waals surface area contributed by atoms with Crippen molar-refractivity contribution in [3.63, 3.8) is 0 Å². The van der Waals surface area contributed by atoms with Crippen LogP contribution in [0.4, 0.5) is 0 Å². The van der Waals surface area contributed by atoms with Crippen LogP contribution in [-0.4, -0.2) is 25.8 Å². The number of ketones is 2. The van der Waals surface area contributed by atoms with Gasteiger partial charge in [-0.1, -0.05) is 45.9 Å². The number of pyridine rings is 1. The maximum absolute atomic E-state index is 13.9. The number of hydrogen-bond donors (Lipinski definition) is 0. The number of nitrogens with zero attached hydrogens (tertiary/aromatic N) is 1. The van der Waals surface area contributed by atoms with E-state index in [4.69, 9.17) is 9.47 Å². The molecule has 0 radical (unpaired) electrons. The second kappa shape index (κ2) is 8.58. The topological polar surface area (TPSA) is 56.5 Å². The lowest BCUT2D eigenvalue weighted by Gasteiger charge is -2.35. The van der Waals surface area contributed by atoms with E-state index in [1.54, 1.807) is 14.2 Å². The molecular weight excluding hydrogens is 450 g/mol. The molecule has 1 heterocycles. The Morgan fingerprint density at radius 3 is 1.69 bits per heavy atom. The fraction of sp³-hybridized carbons (Fsp3) is 0.387. The Balaban J connectivity index is 1.96. The Morgan fingerprint density at radius 2 is 1.19 bits per heavy atom. The molecular formula is C31H34NO4+. The first kappa shape index (κ1) is 24.2. The smallest absolute Gasteiger partial charge is 0.211 e. The van der Waals surface area contributed by atoms with Gasteiger partial charge in [-0.3, -0.25) is 9.59 Å². The lowest BCUT2D eigenvalue weighted by atomic mass is 9.69. The Hall–Kier alpha value is -3.47. The number of para-hydroxylation sites is 1. The van der Waals surface area contributed by atoms with Crippen molar-refractivity contribution in [3.05, 3.63) is 71.0 Å². The summed E-state index contributed by atoms with van der Waals surface area (Å²) in [6, 6.07) is 15.6. The molecule has 5 rings (SSSR count). The Morgan fingerprint density at radius 1 is 0.667 bits per heavy atom. The third-order valence-electron chi connectivity index (χ3n) is 7.45. The van der Waals surface area contributed by atoms with E-state index in [-0.39, 0.29) is 22.4 Å². The van der Waals surface area contributed by atoms with Crippen LogP contribution in [0.3, 0.4) is 0 Å². The SMILES string of the molecule is COc1ccc(-[n+]2c3c(c(-c4ccccc4OC)c4c2CC(C)(C)CC4=O)C(=O)CC(C)(C)C3)cc1. The third-order valence-corrected chi connectivity index (χ3v) is 7.45. The fourth-order valence-corrected chi connectivity index (χ4v) is 5.98. The number of methoxy groups -OCH3 is 2. The first-order valence-corrected chi connectivity index (χ1v) is 12.5. The molecule has 186 valence electrons. The molecule has 0 aliphatic heterocycles. The number of Topliss-reactive ketones (excluding diaryl/α,β-unsaturated/α-hetero) is 2. The second-order valence-corrected chi connectivity index (χ2v) is 11.6. The second-order valence-electron chi connectivity index (χ2n) is 11.6. The zero-order chi connectivity index (χ0) is 25.8. The molecule has 0 bridgehead atoms. The summed E-state index contributed by atoms with van der Waals surface area (Å²) >= 11 is 0. The maximum Gasteiger partial charge on any atom is 0.211 e. The molecule has 0 atom stereocenters. The minimum atomic E-state index is -0.196. The van der Waals surface area contributed by atoms with Gasteiger partial charge in [-0.15, -0.1) is 0 Å². The number of hydrogen-bond acceptors (Lipinski definition) is 4. The van der Waals surface area contributed by atoms with Crippen LogP contribution in [0.2, 0.25) is 0 Å². The summed E-state index contributed by atoms with van der Waals surface area (Å²) in [6.45, 7) is 8.57. The van der Waals surface area contributed by atoms with Gasteiger partial charge in [0.2, 0.25) is 5.69 Å². The number of aromatic nitrogens is 1. The van der Waals surface area contributed by atoms with Crippen molar-refractivity contribution in [2.75, 3.05) is 14.2 Å². The van der Waals surface area contributed by atoms with Gasteiger partial charge in [0.05, 0.1) is 25.3 Å². The van der Waals surface area contributed by atoms with Crippen molar-refractivity contribution in [2.45, 2.75) is 53.4 Å². The van der Waals surface area contributed by atoms with Crippen molar-refractivity contribution in [2.24, 2.45) is 10.8 Å². The predicted octanol–water partition coefficient (Wildman–Crippen LogP) is 5.96. The molecule has 3 aromatic rings. The van der Waals surface area contributed by atoms with Gasteiger partial charge in [-0.25, -0.2) is 0 Å². The molecule has 0 saturated carbocycles. The largest absolute Gasteiger partial charge is 0.497 e. The van der Waals surface area contributed by atoms with Crippen molar-refractivity contribution in [1.29, 1.82) is 0 Å². The normalized spacial score (nSPS) is 17.8. The van der Waals surface area contributed by atoms with E-state index in [0.29, 0.717) is 29.7 Å². The standard InChI is InChI=1S/C31H34NO4/c1-30(2)15-22-28(24(33)17-30)27(21-9-7-8-10-26(21)36-6)29-23(16-31(3,4)18-25(29)34)32(22)19-11-13-20(35-5)14-12-19/h7-14H,15-18H2,1-6H3/q+1. The average molecular weight is 485 g/mol. The molecule has 2 aromatic carbocycles. The predicted molar refractivity (Wildman–Crippen MR) is 139 cm³/mol. The van der Waals surface area contributed by atoms with Crippen molar-refractivity contribution < 1.29 is 23.6 Å². The summed E-state index contributed by atoms with van der Waals surface area (Å²) in [5, 5.41) is 0.